The first-order valence-corrected chi connectivity index (χ1v) is 6.20. The highest BCUT2D eigenvalue weighted by molar-refractivity contribution is 5.95. The summed E-state index contributed by atoms with van der Waals surface area (Å²) >= 11 is 0. The van der Waals surface area contributed by atoms with Crippen LogP contribution in [0.4, 0.5) is 11.4 Å². The minimum Gasteiger partial charge on any atom is -0.378 e. The van der Waals surface area contributed by atoms with Crippen LogP contribution in [0.25, 0.3) is 0 Å². The Labute approximate surface area is 120 Å². The van der Waals surface area contributed by atoms with Crippen molar-refractivity contribution < 1.29 is 9.72 Å². The highest BCUT2D eigenvalue weighted by Gasteiger charge is 2.16. The van der Waals surface area contributed by atoms with Crippen molar-refractivity contribution in [3.8, 4) is 0 Å². The van der Waals surface area contributed by atoms with E-state index < -0.39 is 4.92 Å². The second-order valence-corrected chi connectivity index (χ2v) is 4.16. The zero-order chi connectivity index (χ0) is 15.2. The van der Waals surface area contributed by atoms with Crippen LogP contribution in [0.1, 0.15) is 10.4 Å². The molecule has 0 saturated carbocycles. The summed E-state index contributed by atoms with van der Waals surface area (Å²) in [4.78, 5) is 22.1. The van der Waals surface area contributed by atoms with Crippen LogP contribution < -0.4 is 10.6 Å². The number of nitrogens with zero attached hydrogens (tertiary/aromatic N) is 4. The lowest BCUT2D eigenvalue weighted by Gasteiger charge is -2.08. The third kappa shape index (κ3) is 3.53. The van der Waals surface area contributed by atoms with Crippen molar-refractivity contribution in [3.63, 3.8) is 0 Å². The number of rotatable bonds is 6. The quantitative estimate of drug-likeness (QED) is 0.596. The lowest BCUT2D eigenvalue weighted by atomic mass is 10.1. The van der Waals surface area contributed by atoms with Gasteiger partial charge in [-0.05, 0) is 12.1 Å². The van der Waals surface area contributed by atoms with Crippen molar-refractivity contribution >= 4 is 17.3 Å². The summed E-state index contributed by atoms with van der Waals surface area (Å²) in [6.07, 6.45) is 3.26. The molecular weight excluding hydrogens is 276 g/mol. The van der Waals surface area contributed by atoms with Gasteiger partial charge in [-0.15, -0.1) is 5.10 Å². The number of anilines is 1. The molecule has 2 N–H and O–H groups in total. The Balaban J connectivity index is 2.11. The van der Waals surface area contributed by atoms with Crippen LogP contribution in [0.2, 0.25) is 0 Å². The van der Waals surface area contributed by atoms with Crippen LogP contribution in [0, 0.1) is 10.1 Å². The smallest absolute Gasteiger partial charge is 0.293 e. The highest BCUT2D eigenvalue weighted by atomic mass is 16.6. The van der Waals surface area contributed by atoms with E-state index in [0.717, 1.165) is 0 Å². The topological polar surface area (TPSA) is 115 Å². The van der Waals surface area contributed by atoms with Crippen molar-refractivity contribution in [3.05, 3.63) is 46.3 Å². The molecule has 0 aliphatic heterocycles. The maximum absolute atomic E-state index is 11.5. The Morgan fingerprint density at radius 3 is 2.90 bits per heavy atom. The molecule has 1 heterocycles. The summed E-state index contributed by atoms with van der Waals surface area (Å²) in [6, 6.07) is 4.30. The molecule has 9 heteroatoms. The minimum absolute atomic E-state index is 0.144. The molecule has 0 saturated heterocycles. The summed E-state index contributed by atoms with van der Waals surface area (Å²) in [5.74, 6) is -0.368. The largest absolute Gasteiger partial charge is 0.378 e. The standard InChI is InChI=1S/C12H14N6O3/c1-13-12(19)9-2-3-10(11(8-9)18(20)21)14-4-6-17-7-5-15-16-17/h2-3,5,7-8,14H,4,6H2,1H3,(H,13,19). The minimum atomic E-state index is -0.524. The van der Waals surface area contributed by atoms with E-state index in [2.05, 4.69) is 20.9 Å². The Morgan fingerprint density at radius 2 is 2.29 bits per heavy atom. The van der Waals surface area contributed by atoms with Gasteiger partial charge in [-0.25, -0.2) is 0 Å². The third-order valence-corrected chi connectivity index (χ3v) is 2.81. The van der Waals surface area contributed by atoms with E-state index in [-0.39, 0.29) is 17.2 Å². The molecule has 2 rings (SSSR count). The fraction of sp³-hybridized carbons (Fsp3) is 0.250. The van der Waals surface area contributed by atoms with Gasteiger partial charge >= 0.3 is 0 Å². The Kier molecular flexibility index (Phi) is 4.44. The van der Waals surface area contributed by atoms with Gasteiger partial charge in [0.15, 0.2) is 0 Å². The van der Waals surface area contributed by atoms with E-state index in [1.807, 2.05) is 0 Å². The van der Waals surface area contributed by atoms with Gasteiger partial charge in [0.2, 0.25) is 0 Å². The van der Waals surface area contributed by atoms with Gasteiger partial charge in [0.1, 0.15) is 5.69 Å². The van der Waals surface area contributed by atoms with E-state index in [1.165, 1.54) is 25.2 Å². The highest BCUT2D eigenvalue weighted by Crippen LogP contribution is 2.25. The van der Waals surface area contributed by atoms with Gasteiger partial charge in [0.25, 0.3) is 11.6 Å². The maximum atomic E-state index is 11.5. The van der Waals surface area contributed by atoms with Crippen molar-refractivity contribution in [2.45, 2.75) is 6.54 Å². The summed E-state index contributed by atoms with van der Waals surface area (Å²) < 4.78 is 1.61. The zero-order valence-electron chi connectivity index (χ0n) is 11.3. The lowest BCUT2D eigenvalue weighted by Crippen LogP contribution is -2.18. The number of carbonyl (C=O) groups excluding carboxylic acids is 1. The summed E-state index contributed by atoms with van der Waals surface area (Å²) in [6.45, 7) is 0.970. The number of hydrogen-bond donors (Lipinski definition) is 2. The molecule has 9 nitrogen and oxygen atoms in total. The van der Waals surface area contributed by atoms with Crippen molar-refractivity contribution in [1.82, 2.24) is 20.3 Å². The van der Waals surface area contributed by atoms with E-state index in [4.69, 9.17) is 0 Å². The first-order valence-electron chi connectivity index (χ1n) is 6.20. The summed E-state index contributed by atoms with van der Waals surface area (Å²) in [7, 11) is 1.47. The molecule has 0 atom stereocenters. The Bertz CT molecular complexity index is 640. The molecule has 1 aromatic heterocycles. The van der Waals surface area contributed by atoms with E-state index >= 15 is 0 Å². The maximum Gasteiger partial charge on any atom is 0.293 e. The molecule has 0 fully saturated rings. The van der Waals surface area contributed by atoms with E-state index in [0.29, 0.717) is 18.8 Å². The van der Waals surface area contributed by atoms with E-state index in [1.54, 1.807) is 17.1 Å². The lowest BCUT2D eigenvalue weighted by molar-refractivity contribution is -0.384. The number of nitro benzene ring substituents is 1. The van der Waals surface area contributed by atoms with Crippen LogP contribution in [-0.2, 0) is 6.54 Å². The molecular formula is C12H14N6O3. The van der Waals surface area contributed by atoms with Crippen molar-refractivity contribution in [1.29, 1.82) is 0 Å². The molecule has 0 spiro atoms. The molecule has 0 radical (unpaired) electrons. The van der Waals surface area contributed by atoms with Gasteiger partial charge in [-0.1, -0.05) is 5.21 Å². The Morgan fingerprint density at radius 1 is 1.48 bits per heavy atom. The summed E-state index contributed by atoms with van der Waals surface area (Å²) in [5.41, 5.74) is 0.452. The normalized spacial score (nSPS) is 10.1. The van der Waals surface area contributed by atoms with Crippen LogP contribution in [0.5, 0.6) is 0 Å². The molecule has 0 bridgehead atoms. The van der Waals surface area contributed by atoms with Gasteiger partial charge in [0, 0.05) is 31.4 Å². The van der Waals surface area contributed by atoms with Crippen LogP contribution in [0.15, 0.2) is 30.6 Å². The van der Waals surface area contributed by atoms with Crippen molar-refractivity contribution in [2.24, 2.45) is 0 Å². The number of nitrogens with one attached hydrogen (secondary N) is 2. The molecule has 1 aromatic carbocycles. The van der Waals surface area contributed by atoms with Gasteiger partial charge in [-0.2, -0.15) is 0 Å². The number of carbonyl (C=O) groups is 1. The average molecular weight is 290 g/mol. The number of aromatic nitrogens is 3. The first kappa shape index (κ1) is 14.4. The third-order valence-electron chi connectivity index (χ3n) is 2.81. The van der Waals surface area contributed by atoms with E-state index in [9.17, 15) is 14.9 Å². The number of benzene rings is 1. The van der Waals surface area contributed by atoms with Gasteiger partial charge < -0.3 is 10.6 Å². The number of nitro groups is 1. The van der Waals surface area contributed by atoms with Crippen LogP contribution in [-0.4, -0.2) is 39.4 Å². The van der Waals surface area contributed by atoms with Crippen molar-refractivity contribution in [2.75, 3.05) is 18.9 Å². The molecule has 0 aliphatic carbocycles. The second kappa shape index (κ2) is 6.46. The van der Waals surface area contributed by atoms with Crippen LogP contribution in [0.3, 0.4) is 0 Å². The molecule has 2 aromatic rings. The van der Waals surface area contributed by atoms with Gasteiger partial charge in [0.05, 0.1) is 17.7 Å². The first-order chi connectivity index (χ1) is 10.1. The molecule has 110 valence electrons. The predicted octanol–water partition coefficient (Wildman–Crippen LogP) is 0.658. The molecule has 1 amide bonds. The predicted molar refractivity (Wildman–Crippen MR) is 75.0 cm³/mol. The Hall–Kier alpha value is -2.97. The SMILES string of the molecule is CNC(=O)c1ccc(NCCn2ccnn2)c([N+](=O)[O-])c1. The number of hydrogen-bond acceptors (Lipinski definition) is 6. The van der Waals surface area contributed by atoms with Gasteiger partial charge in [-0.3, -0.25) is 19.6 Å². The zero-order valence-corrected chi connectivity index (χ0v) is 11.3. The monoisotopic (exact) mass is 290 g/mol. The molecule has 0 unspecified atom stereocenters. The van der Waals surface area contributed by atoms with Crippen LogP contribution >= 0.6 is 0 Å². The average Bonchev–Trinajstić information content (AvgIpc) is 2.99. The fourth-order valence-corrected chi connectivity index (χ4v) is 1.77. The fourth-order valence-electron chi connectivity index (χ4n) is 1.77. The second-order valence-electron chi connectivity index (χ2n) is 4.16. The molecule has 0 aliphatic rings. The number of amides is 1. The molecule has 21 heavy (non-hydrogen) atoms. The summed E-state index contributed by atoms with van der Waals surface area (Å²) in [5, 5.41) is 23.9.